The Balaban J connectivity index is 1.31. The second kappa shape index (κ2) is 12.4. The number of rotatable bonds is 9. The van der Waals surface area contributed by atoms with Crippen molar-refractivity contribution in [2.24, 2.45) is 0 Å². The van der Waals surface area contributed by atoms with Gasteiger partial charge in [0.05, 0.1) is 22.6 Å². The first-order valence-corrected chi connectivity index (χ1v) is 14.0. The number of amides is 1. The van der Waals surface area contributed by atoms with Gasteiger partial charge in [0.15, 0.2) is 11.6 Å². The monoisotopic (exact) mass is 589 g/mol. The van der Waals surface area contributed by atoms with Crippen LogP contribution in [0.2, 0.25) is 0 Å². The number of hydrogen-bond donors (Lipinski definition) is 2. The van der Waals surface area contributed by atoms with Crippen LogP contribution in [-0.2, 0) is 6.42 Å². The van der Waals surface area contributed by atoms with Crippen molar-refractivity contribution in [3.63, 3.8) is 0 Å². The summed E-state index contributed by atoms with van der Waals surface area (Å²) in [4.78, 5) is 29.0. The smallest absolute Gasteiger partial charge is 0.258 e. The summed E-state index contributed by atoms with van der Waals surface area (Å²) >= 11 is 0. The maximum atomic E-state index is 14.2. The van der Waals surface area contributed by atoms with E-state index in [1.165, 1.54) is 17.7 Å². The van der Waals surface area contributed by atoms with Gasteiger partial charge in [0, 0.05) is 35.9 Å². The molecule has 6 aromatic rings. The molecule has 3 aromatic carbocycles. The van der Waals surface area contributed by atoms with Crippen molar-refractivity contribution in [2.45, 2.75) is 6.42 Å². The first kappa shape index (κ1) is 28.6. The van der Waals surface area contributed by atoms with Gasteiger partial charge in [-0.05, 0) is 80.7 Å². The molecule has 0 aliphatic rings. The molecule has 0 atom stereocenters. The van der Waals surface area contributed by atoms with Crippen molar-refractivity contribution in [3.8, 4) is 22.6 Å². The maximum absolute atomic E-state index is 14.2. The van der Waals surface area contributed by atoms with Gasteiger partial charge >= 0.3 is 0 Å². The number of halogens is 2. The van der Waals surface area contributed by atoms with Crippen molar-refractivity contribution in [2.75, 3.05) is 31.3 Å². The summed E-state index contributed by atoms with van der Waals surface area (Å²) in [5.74, 6) is -2.61. The quantitative estimate of drug-likeness (QED) is 0.192. The van der Waals surface area contributed by atoms with Crippen molar-refractivity contribution in [3.05, 3.63) is 126 Å². The molecule has 2 N–H and O–H groups in total. The lowest BCUT2D eigenvalue weighted by Crippen LogP contribution is -2.14. The second-order valence-corrected chi connectivity index (χ2v) is 10.5. The second-order valence-electron chi connectivity index (χ2n) is 10.5. The molecule has 220 valence electrons. The van der Waals surface area contributed by atoms with E-state index in [1.54, 1.807) is 24.4 Å². The number of aromatic nitrogens is 4. The molecule has 0 aliphatic heterocycles. The van der Waals surface area contributed by atoms with Crippen LogP contribution in [0.4, 0.5) is 26.1 Å². The zero-order chi connectivity index (χ0) is 30.6. The number of anilines is 3. The summed E-state index contributed by atoms with van der Waals surface area (Å²) in [6.07, 6.45) is 4.55. The molecule has 0 spiro atoms. The first-order chi connectivity index (χ1) is 21.4. The molecule has 3 heterocycles. The highest BCUT2D eigenvalue weighted by Crippen LogP contribution is 2.33. The molecule has 8 nitrogen and oxygen atoms in total. The van der Waals surface area contributed by atoms with E-state index in [0.717, 1.165) is 30.4 Å². The van der Waals surface area contributed by atoms with E-state index in [2.05, 4.69) is 46.7 Å². The first-order valence-electron chi connectivity index (χ1n) is 14.0. The van der Waals surface area contributed by atoms with Gasteiger partial charge in [-0.1, -0.05) is 36.4 Å². The van der Waals surface area contributed by atoms with Crippen LogP contribution in [0.25, 0.3) is 28.3 Å². The Morgan fingerprint density at radius 3 is 2.52 bits per heavy atom. The predicted molar refractivity (Wildman–Crippen MR) is 168 cm³/mol. The molecule has 10 heteroatoms. The van der Waals surface area contributed by atoms with E-state index in [1.807, 2.05) is 53.1 Å². The van der Waals surface area contributed by atoms with Gasteiger partial charge in [-0.3, -0.25) is 9.20 Å². The predicted octanol–water partition coefficient (Wildman–Crippen LogP) is 6.84. The van der Waals surface area contributed by atoms with Crippen LogP contribution in [0.5, 0.6) is 0 Å². The fourth-order valence-corrected chi connectivity index (χ4v) is 4.85. The zero-order valence-electron chi connectivity index (χ0n) is 24.1. The van der Waals surface area contributed by atoms with E-state index in [0.29, 0.717) is 34.2 Å². The Labute approximate surface area is 253 Å². The number of nitrogens with one attached hydrogen (secondary N) is 2. The average Bonchev–Trinajstić information content (AvgIpc) is 3.42. The summed E-state index contributed by atoms with van der Waals surface area (Å²) in [6.45, 7) is 0.973. The molecule has 1 amide bonds. The van der Waals surface area contributed by atoms with Crippen LogP contribution in [0.3, 0.4) is 0 Å². The van der Waals surface area contributed by atoms with Gasteiger partial charge in [-0.25, -0.2) is 23.7 Å². The van der Waals surface area contributed by atoms with Crippen molar-refractivity contribution in [1.29, 1.82) is 0 Å². The molecule has 0 bridgehead atoms. The van der Waals surface area contributed by atoms with Crippen LogP contribution in [0.1, 0.15) is 15.9 Å². The molecule has 0 fully saturated rings. The lowest BCUT2D eigenvalue weighted by atomic mass is 10.1. The van der Waals surface area contributed by atoms with Crippen LogP contribution in [-0.4, -0.2) is 50.8 Å². The number of fused-ring (bicyclic) bond motifs is 1. The number of pyridine rings is 1. The van der Waals surface area contributed by atoms with Gasteiger partial charge in [0.2, 0.25) is 5.95 Å². The lowest BCUT2D eigenvalue weighted by molar-refractivity contribution is 0.102. The summed E-state index contributed by atoms with van der Waals surface area (Å²) in [5.41, 5.74) is 5.52. The van der Waals surface area contributed by atoms with E-state index in [-0.39, 0.29) is 5.56 Å². The zero-order valence-corrected chi connectivity index (χ0v) is 24.1. The number of carbonyl (C=O) groups is 1. The SMILES string of the molecule is CN(C)CCc1ccc(Nc2nccc(-c3c(-c4cccc(NC(=O)c5cccc(F)c5F)c4)nc4ccccn34)n2)cc1. The number of benzene rings is 3. The van der Waals surface area contributed by atoms with E-state index in [9.17, 15) is 13.6 Å². The highest BCUT2D eigenvalue weighted by atomic mass is 19.2. The average molecular weight is 590 g/mol. The Morgan fingerprint density at radius 2 is 1.70 bits per heavy atom. The van der Waals surface area contributed by atoms with Crippen molar-refractivity contribution >= 4 is 28.9 Å². The minimum absolute atomic E-state index is 0.381. The van der Waals surface area contributed by atoms with Crippen LogP contribution in [0.15, 0.2) is 103 Å². The van der Waals surface area contributed by atoms with Crippen LogP contribution >= 0.6 is 0 Å². The molecule has 0 aliphatic carbocycles. The summed E-state index contributed by atoms with van der Waals surface area (Å²) < 4.78 is 29.9. The Hall–Kier alpha value is -5.48. The van der Waals surface area contributed by atoms with Gasteiger partial charge in [0.25, 0.3) is 5.91 Å². The molecule has 6 rings (SSSR count). The van der Waals surface area contributed by atoms with Crippen LogP contribution in [0, 0.1) is 11.6 Å². The standard InChI is InChI=1S/C34H29F2N7O/c1-42(2)20-17-22-12-14-24(15-13-22)39-34-37-18-16-28(40-34)32-31(41-29-11-3-4-19-43(29)32)23-7-5-8-25(21-23)38-33(44)26-9-6-10-27(35)30(26)36/h3-16,18-19,21H,17,20H2,1-2H3,(H,38,44)(H,37,39,40). The molecule has 44 heavy (non-hydrogen) atoms. The Morgan fingerprint density at radius 1 is 0.886 bits per heavy atom. The summed E-state index contributed by atoms with van der Waals surface area (Å²) in [7, 11) is 4.11. The largest absolute Gasteiger partial charge is 0.324 e. The number of likely N-dealkylation sites (N-methyl/N-ethyl adjacent to an activating group) is 1. The highest BCUT2D eigenvalue weighted by molar-refractivity contribution is 6.04. The fraction of sp³-hybridized carbons (Fsp3) is 0.118. The number of imidazole rings is 1. The van der Waals surface area contributed by atoms with Gasteiger partial charge < -0.3 is 15.5 Å². The third-order valence-electron chi connectivity index (χ3n) is 7.08. The van der Waals surface area contributed by atoms with Crippen LogP contribution < -0.4 is 10.6 Å². The normalized spacial score (nSPS) is 11.2. The fourth-order valence-electron chi connectivity index (χ4n) is 4.85. The molecule has 0 saturated heterocycles. The number of carbonyl (C=O) groups excluding carboxylic acids is 1. The summed E-state index contributed by atoms with van der Waals surface area (Å²) in [5, 5.41) is 5.96. The van der Waals surface area contributed by atoms with Crippen molar-refractivity contribution < 1.29 is 13.6 Å². The Kier molecular flexibility index (Phi) is 8.07. The summed E-state index contributed by atoms with van der Waals surface area (Å²) in [6, 6.07) is 26.2. The molecule has 0 unspecified atom stereocenters. The van der Waals surface area contributed by atoms with E-state index < -0.39 is 17.5 Å². The minimum atomic E-state index is -1.20. The molecule has 0 saturated carbocycles. The minimum Gasteiger partial charge on any atom is -0.324 e. The number of nitrogens with zero attached hydrogens (tertiary/aromatic N) is 5. The van der Waals surface area contributed by atoms with E-state index in [4.69, 9.17) is 9.97 Å². The molecular formula is C34H29F2N7O. The highest BCUT2D eigenvalue weighted by Gasteiger charge is 2.19. The molecule has 3 aromatic heterocycles. The lowest BCUT2D eigenvalue weighted by Gasteiger charge is -2.11. The van der Waals surface area contributed by atoms with Gasteiger partial charge in [-0.15, -0.1) is 0 Å². The molecule has 0 radical (unpaired) electrons. The van der Waals surface area contributed by atoms with Gasteiger partial charge in [-0.2, -0.15) is 0 Å². The van der Waals surface area contributed by atoms with Crippen molar-refractivity contribution in [1.82, 2.24) is 24.3 Å². The molecular weight excluding hydrogens is 560 g/mol. The van der Waals surface area contributed by atoms with Gasteiger partial charge in [0.1, 0.15) is 5.65 Å². The third-order valence-corrected chi connectivity index (χ3v) is 7.08. The third kappa shape index (κ3) is 6.16. The topological polar surface area (TPSA) is 87.5 Å². The maximum Gasteiger partial charge on any atom is 0.258 e. The van der Waals surface area contributed by atoms with E-state index >= 15 is 0 Å². The Bertz CT molecular complexity index is 1950. The number of hydrogen-bond acceptors (Lipinski definition) is 6.